The summed E-state index contributed by atoms with van der Waals surface area (Å²) in [4.78, 5) is 11.4. The first-order chi connectivity index (χ1) is 8.61. The number of hydrogen-bond acceptors (Lipinski definition) is 3. The molecule has 1 saturated carbocycles. The van der Waals surface area contributed by atoms with E-state index in [2.05, 4.69) is 5.16 Å². The van der Waals surface area contributed by atoms with Crippen LogP contribution in [0.5, 0.6) is 0 Å². The minimum atomic E-state index is -0.904. The first-order valence-corrected chi connectivity index (χ1v) is 6.84. The van der Waals surface area contributed by atoms with E-state index in [4.69, 9.17) is 4.52 Å². The van der Waals surface area contributed by atoms with E-state index < -0.39 is 5.97 Å². The summed E-state index contributed by atoms with van der Waals surface area (Å²) in [5, 5.41) is 13.5. The minimum Gasteiger partial charge on any atom is -0.477 e. The standard InChI is InChI=1S/C14H21NO3/c1-9(2)13-11(14(16)17)12(15-18-13)10-7-5-3-4-6-8-10/h9-10H,3-8H2,1-2H3,(H,16,17). The summed E-state index contributed by atoms with van der Waals surface area (Å²) in [6.45, 7) is 3.87. The van der Waals surface area contributed by atoms with Crippen molar-refractivity contribution in [3.63, 3.8) is 0 Å². The number of carboxylic acids is 1. The molecule has 0 aliphatic heterocycles. The predicted octanol–water partition coefficient (Wildman–Crippen LogP) is 3.93. The zero-order valence-corrected chi connectivity index (χ0v) is 11.1. The van der Waals surface area contributed by atoms with Crippen molar-refractivity contribution in [2.24, 2.45) is 0 Å². The summed E-state index contributed by atoms with van der Waals surface area (Å²) in [7, 11) is 0. The quantitative estimate of drug-likeness (QED) is 0.826. The van der Waals surface area contributed by atoms with Gasteiger partial charge in [-0.15, -0.1) is 0 Å². The number of aromatic carboxylic acids is 1. The fraction of sp³-hybridized carbons (Fsp3) is 0.714. The Kier molecular flexibility index (Phi) is 4.04. The molecule has 0 bridgehead atoms. The average Bonchev–Trinajstić information content (AvgIpc) is 2.59. The van der Waals surface area contributed by atoms with E-state index >= 15 is 0 Å². The molecular formula is C14H21NO3. The van der Waals surface area contributed by atoms with Crippen molar-refractivity contribution in [1.29, 1.82) is 0 Å². The normalized spacial score (nSPS) is 17.9. The molecule has 1 aromatic heterocycles. The third-order valence-corrected chi connectivity index (χ3v) is 3.72. The maximum absolute atomic E-state index is 11.4. The number of nitrogens with zero attached hydrogens (tertiary/aromatic N) is 1. The van der Waals surface area contributed by atoms with E-state index in [1.165, 1.54) is 12.8 Å². The molecule has 1 fully saturated rings. The van der Waals surface area contributed by atoms with Gasteiger partial charge in [0, 0.05) is 11.8 Å². The number of aromatic nitrogens is 1. The van der Waals surface area contributed by atoms with Gasteiger partial charge in [-0.25, -0.2) is 4.79 Å². The van der Waals surface area contributed by atoms with E-state index in [0.717, 1.165) is 25.7 Å². The SMILES string of the molecule is CC(C)c1onc(C2CCCCCC2)c1C(=O)O. The summed E-state index contributed by atoms with van der Waals surface area (Å²) >= 11 is 0. The molecule has 0 unspecified atom stereocenters. The molecule has 4 heteroatoms. The van der Waals surface area contributed by atoms with E-state index in [0.29, 0.717) is 17.0 Å². The highest BCUT2D eigenvalue weighted by atomic mass is 16.5. The summed E-state index contributed by atoms with van der Waals surface area (Å²) in [5.41, 5.74) is 0.991. The number of rotatable bonds is 3. The van der Waals surface area contributed by atoms with Gasteiger partial charge in [0.15, 0.2) is 5.76 Å². The number of hydrogen-bond donors (Lipinski definition) is 1. The molecule has 100 valence electrons. The van der Waals surface area contributed by atoms with Crippen molar-refractivity contribution in [2.45, 2.75) is 64.2 Å². The van der Waals surface area contributed by atoms with E-state index in [-0.39, 0.29) is 11.8 Å². The van der Waals surface area contributed by atoms with E-state index in [1.807, 2.05) is 13.8 Å². The molecule has 1 aliphatic carbocycles. The van der Waals surface area contributed by atoms with Crippen molar-refractivity contribution in [3.05, 3.63) is 17.0 Å². The fourth-order valence-corrected chi connectivity index (χ4v) is 2.76. The van der Waals surface area contributed by atoms with Crippen LogP contribution in [0, 0.1) is 0 Å². The van der Waals surface area contributed by atoms with Gasteiger partial charge < -0.3 is 9.63 Å². The van der Waals surface area contributed by atoms with Gasteiger partial charge in [-0.3, -0.25) is 0 Å². The Morgan fingerprint density at radius 1 is 1.28 bits per heavy atom. The molecule has 18 heavy (non-hydrogen) atoms. The Hall–Kier alpha value is -1.32. The highest BCUT2D eigenvalue weighted by molar-refractivity contribution is 5.90. The Balaban J connectivity index is 2.34. The van der Waals surface area contributed by atoms with Gasteiger partial charge in [0.25, 0.3) is 0 Å². The summed E-state index contributed by atoms with van der Waals surface area (Å²) in [6, 6.07) is 0. The van der Waals surface area contributed by atoms with Crippen LogP contribution in [0.25, 0.3) is 0 Å². The number of carbonyl (C=O) groups is 1. The molecule has 1 heterocycles. The van der Waals surface area contributed by atoms with Gasteiger partial charge in [-0.05, 0) is 12.8 Å². The Bertz CT molecular complexity index is 415. The van der Waals surface area contributed by atoms with Crippen LogP contribution in [-0.2, 0) is 0 Å². The maximum Gasteiger partial charge on any atom is 0.341 e. The highest BCUT2D eigenvalue weighted by Crippen LogP contribution is 2.35. The maximum atomic E-state index is 11.4. The average molecular weight is 251 g/mol. The third kappa shape index (κ3) is 2.57. The molecule has 0 saturated heterocycles. The Morgan fingerprint density at radius 3 is 2.39 bits per heavy atom. The second-order valence-corrected chi connectivity index (χ2v) is 5.46. The van der Waals surface area contributed by atoms with Crippen LogP contribution in [0.1, 0.15) is 86.0 Å². The van der Waals surface area contributed by atoms with Crippen molar-refractivity contribution < 1.29 is 14.4 Å². The summed E-state index contributed by atoms with van der Waals surface area (Å²) < 4.78 is 5.28. The van der Waals surface area contributed by atoms with Crippen LogP contribution in [0.3, 0.4) is 0 Å². The zero-order valence-electron chi connectivity index (χ0n) is 11.1. The zero-order chi connectivity index (χ0) is 13.1. The molecule has 4 nitrogen and oxygen atoms in total. The molecule has 0 aromatic carbocycles. The smallest absolute Gasteiger partial charge is 0.341 e. The number of carboxylic acid groups (broad SMARTS) is 1. The van der Waals surface area contributed by atoms with Gasteiger partial charge in [0.1, 0.15) is 11.3 Å². The predicted molar refractivity (Wildman–Crippen MR) is 68.0 cm³/mol. The molecule has 0 spiro atoms. The van der Waals surface area contributed by atoms with Crippen LogP contribution in [-0.4, -0.2) is 16.2 Å². The van der Waals surface area contributed by atoms with Gasteiger partial charge in [0.2, 0.25) is 0 Å². The van der Waals surface area contributed by atoms with Gasteiger partial charge in [-0.1, -0.05) is 44.7 Å². The first kappa shape index (κ1) is 13.1. The Labute approximate surface area is 107 Å². The molecule has 0 amide bonds. The topological polar surface area (TPSA) is 63.3 Å². The van der Waals surface area contributed by atoms with Crippen LogP contribution < -0.4 is 0 Å². The fourth-order valence-electron chi connectivity index (χ4n) is 2.76. The Morgan fingerprint density at radius 2 is 1.89 bits per heavy atom. The second-order valence-electron chi connectivity index (χ2n) is 5.46. The largest absolute Gasteiger partial charge is 0.477 e. The van der Waals surface area contributed by atoms with Crippen molar-refractivity contribution in [1.82, 2.24) is 5.16 Å². The minimum absolute atomic E-state index is 0.0585. The van der Waals surface area contributed by atoms with Crippen LogP contribution in [0.15, 0.2) is 4.52 Å². The highest BCUT2D eigenvalue weighted by Gasteiger charge is 2.29. The van der Waals surface area contributed by atoms with Crippen molar-refractivity contribution in [2.75, 3.05) is 0 Å². The monoisotopic (exact) mass is 251 g/mol. The molecule has 1 aromatic rings. The van der Waals surface area contributed by atoms with Crippen LogP contribution in [0.2, 0.25) is 0 Å². The van der Waals surface area contributed by atoms with E-state index in [9.17, 15) is 9.90 Å². The van der Waals surface area contributed by atoms with E-state index in [1.54, 1.807) is 0 Å². The van der Waals surface area contributed by atoms with Gasteiger partial charge in [0.05, 0.1) is 0 Å². The van der Waals surface area contributed by atoms with Crippen LogP contribution >= 0.6 is 0 Å². The first-order valence-electron chi connectivity index (χ1n) is 6.84. The molecule has 0 atom stereocenters. The second kappa shape index (κ2) is 5.55. The molecule has 1 aliphatic rings. The molecular weight excluding hydrogens is 230 g/mol. The van der Waals surface area contributed by atoms with Crippen LogP contribution in [0.4, 0.5) is 0 Å². The summed E-state index contributed by atoms with van der Waals surface area (Å²) in [5.74, 6) is -0.0704. The van der Waals surface area contributed by atoms with Gasteiger partial charge >= 0.3 is 5.97 Å². The van der Waals surface area contributed by atoms with Crippen molar-refractivity contribution in [3.8, 4) is 0 Å². The van der Waals surface area contributed by atoms with Gasteiger partial charge in [-0.2, -0.15) is 0 Å². The summed E-state index contributed by atoms with van der Waals surface area (Å²) in [6.07, 6.45) is 6.87. The lowest BCUT2D eigenvalue weighted by Crippen LogP contribution is -2.08. The lowest BCUT2D eigenvalue weighted by atomic mass is 9.91. The molecule has 1 N–H and O–H groups in total. The lowest BCUT2D eigenvalue weighted by molar-refractivity contribution is 0.0692. The third-order valence-electron chi connectivity index (χ3n) is 3.72. The molecule has 0 radical (unpaired) electrons. The molecule has 2 rings (SSSR count). The lowest BCUT2D eigenvalue weighted by Gasteiger charge is -2.11. The van der Waals surface area contributed by atoms with Crippen molar-refractivity contribution >= 4 is 5.97 Å².